The number of thiophene rings is 1. The highest BCUT2D eigenvalue weighted by atomic mass is 79.9. The Bertz CT molecular complexity index is 341. The van der Waals surface area contributed by atoms with Crippen LogP contribution in [-0.2, 0) is 11.2 Å². The Labute approximate surface area is 108 Å². The first-order valence-corrected chi connectivity index (χ1v) is 7.40. The first kappa shape index (κ1) is 11.9. The van der Waals surface area contributed by atoms with E-state index in [9.17, 15) is 0 Å². The largest absolute Gasteiger partial charge is 0.378 e. The van der Waals surface area contributed by atoms with Crippen molar-refractivity contribution in [3.8, 4) is 0 Å². The monoisotopic (exact) mass is 308 g/mol. The lowest BCUT2D eigenvalue weighted by Crippen LogP contribution is -2.32. The van der Waals surface area contributed by atoms with Crippen LogP contribution in [0.2, 0.25) is 4.34 Å². The molecule has 1 aromatic rings. The molecule has 2 rings (SSSR count). The predicted molar refractivity (Wildman–Crippen MR) is 69.3 cm³/mol. The van der Waals surface area contributed by atoms with Crippen molar-refractivity contribution >= 4 is 38.9 Å². The van der Waals surface area contributed by atoms with Gasteiger partial charge in [-0.3, -0.25) is 0 Å². The zero-order valence-electron chi connectivity index (χ0n) is 8.63. The normalized spacial score (nSPS) is 31.0. The van der Waals surface area contributed by atoms with E-state index in [2.05, 4.69) is 28.9 Å². The molecule has 15 heavy (non-hydrogen) atoms. The van der Waals surface area contributed by atoms with Gasteiger partial charge in [-0.2, -0.15) is 0 Å². The lowest BCUT2D eigenvalue weighted by Gasteiger charge is -2.29. The molecule has 4 heteroatoms. The van der Waals surface area contributed by atoms with Crippen LogP contribution < -0.4 is 0 Å². The van der Waals surface area contributed by atoms with Gasteiger partial charge in [0.1, 0.15) is 0 Å². The average molecular weight is 310 g/mol. The zero-order chi connectivity index (χ0) is 10.9. The molecule has 0 radical (unpaired) electrons. The minimum Gasteiger partial charge on any atom is -0.378 e. The number of hydrogen-bond acceptors (Lipinski definition) is 2. The van der Waals surface area contributed by atoms with E-state index >= 15 is 0 Å². The summed E-state index contributed by atoms with van der Waals surface area (Å²) in [6.07, 6.45) is 2.53. The molecule has 2 atom stereocenters. The van der Waals surface area contributed by atoms with E-state index in [4.69, 9.17) is 16.3 Å². The number of halogens is 2. The minimum atomic E-state index is 0.258. The molecule has 84 valence electrons. The zero-order valence-corrected chi connectivity index (χ0v) is 11.8. The van der Waals surface area contributed by atoms with Crippen LogP contribution in [0.3, 0.4) is 0 Å². The van der Waals surface area contributed by atoms with Gasteiger partial charge in [0.2, 0.25) is 0 Å². The molecule has 2 unspecified atom stereocenters. The summed E-state index contributed by atoms with van der Waals surface area (Å²) >= 11 is 11.3. The van der Waals surface area contributed by atoms with Crippen molar-refractivity contribution in [1.82, 2.24) is 0 Å². The Balaban J connectivity index is 2.14. The van der Waals surface area contributed by atoms with Crippen molar-refractivity contribution in [1.29, 1.82) is 0 Å². The van der Waals surface area contributed by atoms with Crippen LogP contribution in [0.25, 0.3) is 0 Å². The quantitative estimate of drug-likeness (QED) is 0.763. The van der Waals surface area contributed by atoms with Gasteiger partial charge in [-0.1, -0.05) is 27.5 Å². The highest BCUT2D eigenvalue weighted by Gasteiger charge is 2.40. The third-order valence-corrected chi connectivity index (χ3v) is 5.60. The van der Waals surface area contributed by atoms with Crippen molar-refractivity contribution in [3.05, 3.63) is 21.3 Å². The molecule has 1 nitrogen and oxygen atoms in total. The van der Waals surface area contributed by atoms with Crippen molar-refractivity contribution < 1.29 is 4.74 Å². The summed E-state index contributed by atoms with van der Waals surface area (Å²) in [5, 5.41) is 0.997. The molecule has 0 aromatic carbocycles. The van der Waals surface area contributed by atoms with E-state index in [-0.39, 0.29) is 5.41 Å². The third-order valence-electron chi connectivity index (χ3n) is 3.25. The third kappa shape index (κ3) is 2.41. The first-order valence-electron chi connectivity index (χ1n) is 5.08. The fourth-order valence-electron chi connectivity index (χ4n) is 2.07. The Morgan fingerprint density at radius 1 is 1.67 bits per heavy atom. The van der Waals surface area contributed by atoms with Gasteiger partial charge in [0.15, 0.2) is 0 Å². The van der Waals surface area contributed by atoms with Crippen LogP contribution in [0.4, 0.5) is 0 Å². The maximum Gasteiger partial charge on any atom is 0.0931 e. The van der Waals surface area contributed by atoms with Crippen molar-refractivity contribution in [2.24, 2.45) is 5.41 Å². The highest BCUT2D eigenvalue weighted by Crippen LogP contribution is 2.41. The van der Waals surface area contributed by atoms with Crippen LogP contribution in [0.1, 0.15) is 18.2 Å². The molecule has 0 N–H and O–H groups in total. The number of hydrogen-bond donors (Lipinski definition) is 0. The highest BCUT2D eigenvalue weighted by molar-refractivity contribution is 9.09. The van der Waals surface area contributed by atoms with E-state index < -0.39 is 0 Å². The summed E-state index contributed by atoms with van der Waals surface area (Å²) in [6, 6.07) is 4.10. The van der Waals surface area contributed by atoms with E-state index in [0.29, 0.717) is 6.10 Å². The molecular weight excluding hydrogens is 296 g/mol. The van der Waals surface area contributed by atoms with Gasteiger partial charge >= 0.3 is 0 Å². The summed E-state index contributed by atoms with van der Waals surface area (Å²) in [4.78, 5) is 1.36. The van der Waals surface area contributed by atoms with Crippen LogP contribution in [0.5, 0.6) is 0 Å². The van der Waals surface area contributed by atoms with Crippen molar-refractivity contribution in [2.75, 3.05) is 11.9 Å². The van der Waals surface area contributed by atoms with Crippen LogP contribution >= 0.6 is 38.9 Å². The van der Waals surface area contributed by atoms with Gasteiger partial charge in [-0.05, 0) is 31.9 Å². The maximum atomic E-state index is 5.95. The Morgan fingerprint density at radius 2 is 2.47 bits per heavy atom. The Kier molecular flexibility index (Phi) is 3.76. The van der Waals surface area contributed by atoms with Crippen molar-refractivity contribution in [3.63, 3.8) is 0 Å². The molecule has 1 saturated heterocycles. The van der Waals surface area contributed by atoms with Gasteiger partial charge in [0.25, 0.3) is 0 Å². The molecule has 1 aliphatic heterocycles. The second kappa shape index (κ2) is 4.74. The van der Waals surface area contributed by atoms with Crippen LogP contribution in [0, 0.1) is 5.41 Å². The van der Waals surface area contributed by atoms with Gasteiger partial charge in [0.05, 0.1) is 10.4 Å². The molecule has 0 amide bonds. The van der Waals surface area contributed by atoms with Gasteiger partial charge < -0.3 is 4.74 Å². The first-order chi connectivity index (χ1) is 7.16. The molecule has 1 aliphatic rings. The molecule has 0 bridgehead atoms. The molecule has 1 aromatic heterocycles. The average Bonchev–Trinajstić information content (AvgIpc) is 2.76. The Hall–Kier alpha value is 0.430. The van der Waals surface area contributed by atoms with Gasteiger partial charge in [-0.25, -0.2) is 0 Å². The second-order valence-corrected chi connectivity index (χ2v) is 6.50. The lowest BCUT2D eigenvalue weighted by atomic mass is 9.80. The fourth-order valence-corrected chi connectivity index (χ4v) is 4.24. The lowest BCUT2D eigenvalue weighted by molar-refractivity contribution is 0.0750. The van der Waals surface area contributed by atoms with E-state index in [1.807, 2.05) is 6.07 Å². The van der Waals surface area contributed by atoms with Crippen LogP contribution in [-0.4, -0.2) is 18.0 Å². The number of ether oxygens (including phenoxy) is 1. The fraction of sp³-hybridized carbons (Fsp3) is 0.636. The molecule has 2 heterocycles. The predicted octanol–water partition coefficient (Wildman–Crippen LogP) is 4.13. The number of alkyl halides is 1. The minimum absolute atomic E-state index is 0.258. The number of rotatable bonds is 3. The smallest absolute Gasteiger partial charge is 0.0931 e. The summed E-state index contributed by atoms with van der Waals surface area (Å²) in [5.41, 5.74) is 0.258. The second-order valence-electron chi connectivity index (χ2n) is 4.14. The molecular formula is C11H14BrClOS. The Morgan fingerprint density at radius 3 is 2.93 bits per heavy atom. The summed E-state index contributed by atoms with van der Waals surface area (Å²) in [5.74, 6) is 0. The molecule has 0 aliphatic carbocycles. The van der Waals surface area contributed by atoms with E-state index in [1.165, 1.54) is 4.88 Å². The van der Waals surface area contributed by atoms with Gasteiger partial charge in [0, 0.05) is 22.2 Å². The topological polar surface area (TPSA) is 9.23 Å². The summed E-state index contributed by atoms with van der Waals surface area (Å²) < 4.78 is 6.56. The SMILES string of the molecule is CC1OCCC1(CBr)Cc1ccc(Cl)s1. The molecule has 0 spiro atoms. The van der Waals surface area contributed by atoms with E-state index in [0.717, 1.165) is 29.1 Å². The molecule has 1 fully saturated rings. The standard InChI is InChI=1S/C11H14BrClOS/c1-8-11(7-12,4-5-14-8)6-9-2-3-10(13)15-9/h2-3,8H,4-7H2,1H3. The summed E-state index contributed by atoms with van der Waals surface area (Å²) in [6.45, 7) is 3.05. The molecule has 0 saturated carbocycles. The van der Waals surface area contributed by atoms with E-state index in [1.54, 1.807) is 11.3 Å². The maximum absolute atomic E-state index is 5.95. The van der Waals surface area contributed by atoms with Gasteiger partial charge in [-0.15, -0.1) is 11.3 Å². The van der Waals surface area contributed by atoms with Crippen molar-refractivity contribution in [2.45, 2.75) is 25.9 Å². The van der Waals surface area contributed by atoms with Crippen LogP contribution in [0.15, 0.2) is 12.1 Å². The summed E-state index contributed by atoms with van der Waals surface area (Å²) in [7, 11) is 0.